The molecule has 244 valence electrons. The van der Waals surface area contributed by atoms with E-state index in [0.717, 1.165) is 16.7 Å². The van der Waals surface area contributed by atoms with Crippen molar-refractivity contribution in [3.63, 3.8) is 0 Å². The summed E-state index contributed by atoms with van der Waals surface area (Å²) < 4.78 is 33.0. The smallest absolute Gasteiger partial charge is 0.413 e. The van der Waals surface area contributed by atoms with Crippen molar-refractivity contribution in [2.45, 2.75) is 32.5 Å². The number of aromatic nitrogens is 2. The lowest BCUT2D eigenvalue weighted by Gasteiger charge is -2.23. The van der Waals surface area contributed by atoms with E-state index < -0.39 is 24.2 Å². The first kappa shape index (κ1) is 32.1. The van der Waals surface area contributed by atoms with Gasteiger partial charge >= 0.3 is 12.1 Å². The maximum atomic E-state index is 13.7. The van der Waals surface area contributed by atoms with Gasteiger partial charge in [0.1, 0.15) is 23.5 Å². The average Bonchev–Trinajstić information content (AvgIpc) is 3.43. The maximum Gasteiger partial charge on any atom is 0.413 e. The lowest BCUT2D eigenvalue weighted by molar-refractivity contribution is -0.144. The fraction of sp³-hybridized carbons (Fsp3) is 0.184. The predicted octanol–water partition coefficient (Wildman–Crippen LogP) is 7.54. The number of halogens is 1. The van der Waals surface area contributed by atoms with Gasteiger partial charge in [-0.15, -0.1) is 0 Å². The second-order valence-corrected chi connectivity index (χ2v) is 11.7. The fourth-order valence-corrected chi connectivity index (χ4v) is 5.68. The van der Waals surface area contributed by atoms with E-state index >= 15 is 0 Å². The Labute approximate surface area is 276 Å². The Morgan fingerprint density at radius 2 is 1.52 bits per heavy atom. The molecule has 48 heavy (non-hydrogen) atoms. The number of fused-ring (bicyclic) bond motifs is 2. The summed E-state index contributed by atoms with van der Waals surface area (Å²) in [4.78, 5) is 30.4. The molecule has 1 atom stereocenters. The van der Waals surface area contributed by atoms with Crippen molar-refractivity contribution >= 4 is 33.7 Å². The monoisotopic (exact) mass is 647 g/mol. The third-order valence-electron chi connectivity index (χ3n) is 8.09. The normalized spacial score (nSPS) is 12.0. The van der Waals surface area contributed by atoms with Crippen LogP contribution in [0.15, 0.2) is 109 Å². The highest BCUT2D eigenvalue weighted by atomic mass is 19.1. The van der Waals surface area contributed by atoms with Gasteiger partial charge in [-0.05, 0) is 46.9 Å². The highest BCUT2D eigenvalue weighted by Gasteiger charge is 2.30. The van der Waals surface area contributed by atoms with E-state index in [2.05, 4.69) is 10.3 Å². The molecule has 2 aromatic heterocycles. The Morgan fingerprint density at radius 3 is 2.12 bits per heavy atom. The molecule has 2 N–H and O–H groups in total. The highest BCUT2D eigenvalue weighted by Crippen LogP contribution is 2.48. The second-order valence-electron chi connectivity index (χ2n) is 11.7. The number of methoxy groups -OCH3 is 1. The number of pyridine rings is 1. The summed E-state index contributed by atoms with van der Waals surface area (Å²) in [6, 6.07) is 27.8. The quantitative estimate of drug-likeness (QED) is 0.148. The molecular weight excluding hydrogens is 613 g/mol. The van der Waals surface area contributed by atoms with Crippen molar-refractivity contribution in [2.75, 3.05) is 7.11 Å². The number of hydrogen-bond acceptors (Lipinski definition) is 7. The van der Waals surface area contributed by atoms with Crippen molar-refractivity contribution in [1.82, 2.24) is 14.9 Å². The maximum absolute atomic E-state index is 13.7. The molecule has 0 aliphatic rings. The van der Waals surface area contributed by atoms with Crippen LogP contribution in [0.25, 0.3) is 21.7 Å². The number of nitrogens with zero attached hydrogens (tertiary/aromatic N) is 2. The largest absolute Gasteiger partial charge is 0.494 e. The minimum absolute atomic E-state index is 0.106. The average molecular weight is 648 g/mol. The van der Waals surface area contributed by atoms with Gasteiger partial charge in [-0.3, -0.25) is 4.98 Å². The van der Waals surface area contributed by atoms with E-state index in [-0.39, 0.29) is 41.0 Å². The van der Waals surface area contributed by atoms with Gasteiger partial charge in [0, 0.05) is 17.8 Å². The van der Waals surface area contributed by atoms with Crippen LogP contribution in [0.3, 0.4) is 0 Å². The van der Waals surface area contributed by atoms with E-state index in [0.29, 0.717) is 16.3 Å². The summed E-state index contributed by atoms with van der Waals surface area (Å²) in [5, 5.41) is 15.5. The molecule has 9 nitrogen and oxygen atoms in total. The zero-order chi connectivity index (χ0) is 33.8. The van der Waals surface area contributed by atoms with Crippen LogP contribution < -0.4 is 14.8 Å². The van der Waals surface area contributed by atoms with Gasteiger partial charge in [0.2, 0.25) is 5.88 Å². The van der Waals surface area contributed by atoms with E-state index in [1.165, 1.54) is 19.2 Å². The first-order chi connectivity index (χ1) is 23.2. The Kier molecular flexibility index (Phi) is 9.24. The third kappa shape index (κ3) is 6.50. The summed E-state index contributed by atoms with van der Waals surface area (Å²) >= 11 is 0. The summed E-state index contributed by atoms with van der Waals surface area (Å²) in [6.07, 6.45) is 1.75. The van der Waals surface area contributed by atoms with Gasteiger partial charge in [0.25, 0.3) is 0 Å². The second kappa shape index (κ2) is 13.8. The Hall–Kier alpha value is -5.90. The molecule has 0 fully saturated rings. The van der Waals surface area contributed by atoms with Crippen molar-refractivity contribution in [3.05, 3.63) is 132 Å². The van der Waals surface area contributed by atoms with Gasteiger partial charge < -0.3 is 29.2 Å². The number of carbonyl (C=O) groups is 2. The highest BCUT2D eigenvalue weighted by molar-refractivity contribution is 6.12. The molecule has 0 radical (unpaired) electrons. The zero-order valence-electron chi connectivity index (χ0n) is 26.6. The number of benzene rings is 4. The van der Waals surface area contributed by atoms with E-state index in [9.17, 15) is 19.1 Å². The van der Waals surface area contributed by atoms with Crippen LogP contribution in [-0.2, 0) is 16.1 Å². The number of nitrogens with one attached hydrogen (secondary N) is 1. The summed E-state index contributed by atoms with van der Waals surface area (Å²) in [5.41, 5.74) is 2.80. The molecule has 10 heteroatoms. The lowest BCUT2D eigenvalue weighted by atomic mass is 10.0. The number of hydrogen-bond donors (Lipinski definition) is 2. The van der Waals surface area contributed by atoms with Gasteiger partial charge in [-0.25, -0.2) is 14.0 Å². The molecule has 6 aromatic rings. The molecule has 0 saturated heterocycles. The zero-order valence-corrected chi connectivity index (χ0v) is 26.6. The number of rotatable bonds is 10. The topological polar surface area (TPSA) is 112 Å². The summed E-state index contributed by atoms with van der Waals surface area (Å²) in [5.74, 6) is -1.07. The van der Waals surface area contributed by atoms with Gasteiger partial charge in [-0.2, -0.15) is 0 Å². The molecule has 6 rings (SSSR count). The predicted molar refractivity (Wildman–Crippen MR) is 180 cm³/mol. The molecule has 0 spiro atoms. The van der Waals surface area contributed by atoms with Crippen molar-refractivity contribution in [2.24, 2.45) is 5.92 Å². The Morgan fingerprint density at radius 1 is 0.875 bits per heavy atom. The molecule has 2 heterocycles. The SMILES string of the molecule is COC(=O)C(NC(=O)Oc1c2cccnc2c(OC(c2ccccc2)c2ccccc2)c2c(O)n(Cc3ccc(F)cc3)cc12)C(C)C. The minimum Gasteiger partial charge on any atom is -0.494 e. The molecule has 0 saturated carbocycles. The minimum atomic E-state index is -0.959. The van der Waals surface area contributed by atoms with Crippen LogP contribution in [-0.4, -0.2) is 39.9 Å². The summed E-state index contributed by atoms with van der Waals surface area (Å²) in [7, 11) is 1.25. The number of aromatic hydroxyl groups is 1. The van der Waals surface area contributed by atoms with Crippen molar-refractivity contribution < 1.29 is 33.3 Å². The molecule has 0 bridgehead atoms. The van der Waals surface area contributed by atoms with Crippen LogP contribution in [0.4, 0.5) is 9.18 Å². The van der Waals surface area contributed by atoms with Gasteiger partial charge in [0.15, 0.2) is 11.5 Å². The molecule has 1 amide bonds. The van der Waals surface area contributed by atoms with Crippen molar-refractivity contribution in [1.29, 1.82) is 0 Å². The number of esters is 1. The number of carbonyl (C=O) groups excluding carboxylic acids is 2. The van der Waals surface area contributed by atoms with Crippen molar-refractivity contribution in [3.8, 4) is 17.4 Å². The Bertz CT molecular complexity index is 2020. The van der Waals surface area contributed by atoms with E-state index in [1.54, 1.807) is 55.1 Å². The summed E-state index contributed by atoms with van der Waals surface area (Å²) in [6.45, 7) is 3.72. The number of ether oxygens (including phenoxy) is 3. The van der Waals surface area contributed by atoms with E-state index in [4.69, 9.17) is 14.2 Å². The fourth-order valence-electron chi connectivity index (χ4n) is 5.68. The molecule has 0 aliphatic carbocycles. The molecule has 0 aliphatic heterocycles. The van der Waals surface area contributed by atoms with E-state index in [1.807, 2.05) is 60.7 Å². The number of amides is 1. The van der Waals surface area contributed by atoms with Gasteiger partial charge in [-0.1, -0.05) is 86.6 Å². The first-order valence-electron chi connectivity index (χ1n) is 15.4. The first-order valence-corrected chi connectivity index (χ1v) is 15.4. The molecule has 1 unspecified atom stereocenters. The third-order valence-corrected chi connectivity index (χ3v) is 8.09. The Balaban J connectivity index is 1.54. The van der Waals surface area contributed by atoms with Gasteiger partial charge in [0.05, 0.1) is 24.4 Å². The molecular formula is C38H34FN3O6. The standard InChI is InChI=1S/C38H34FN3O6/c1-23(2)31(37(44)46-3)41-38(45)48-34-28-15-10-20-40-32(28)35(47-33(25-11-6-4-7-12-25)26-13-8-5-9-14-26)30-29(34)22-42(36(30)43)21-24-16-18-27(39)19-17-24/h4-20,22-23,31,33,43H,21H2,1-3H3,(H,41,45). The van der Waals surface area contributed by atoms with Crippen LogP contribution in [0, 0.1) is 11.7 Å². The van der Waals surface area contributed by atoms with Crippen LogP contribution in [0.2, 0.25) is 0 Å². The molecule has 4 aromatic carbocycles. The van der Waals surface area contributed by atoms with Crippen LogP contribution in [0.5, 0.6) is 17.4 Å². The van der Waals surface area contributed by atoms with Crippen LogP contribution >= 0.6 is 0 Å². The van der Waals surface area contributed by atoms with Crippen LogP contribution in [0.1, 0.15) is 36.6 Å². The lowest BCUT2D eigenvalue weighted by Crippen LogP contribution is -2.46.